The molecule has 1 amide bonds. The molecule has 3 rings (SSSR count). The number of amides is 1. The molecule has 0 atom stereocenters. The van der Waals surface area contributed by atoms with Crippen LogP contribution in [-0.2, 0) is 27.1 Å². The molecule has 7 nitrogen and oxygen atoms in total. The highest BCUT2D eigenvalue weighted by Crippen LogP contribution is 2.39. The van der Waals surface area contributed by atoms with E-state index in [1.165, 1.54) is 36.6 Å². The molecule has 0 unspecified atom stereocenters. The van der Waals surface area contributed by atoms with Crippen molar-refractivity contribution >= 4 is 34.2 Å². The highest BCUT2D eigenvalue weighted by atomic mass is 32.1. The second-order valence-electron chi connectivity index (χ2n) is 6.08. The van der Waals surface area contributed by atoms with Gasteiger partial charge in [-0.1, -0.05) is 6.07 Å². The van der Waals surface area contributed by atoms with Crippen LogP contribution in [0.4, 0.5) is 13.8 Å². The van der Waals surface area contributed by atoms with Crippen LogP contribution in [0.2, 0.25) is 0 Å². The molecule has 1 aliphatic carbocycles. The predicted octanol–water partition coefficient (Wildman–Crippen LogP) is 3.42. The van der Waals surface area contributed by atoms with E-state index < -0.39 is 31.1 Å². The molecule has 154 valence electrons. The topological polar surface area (TPSA) is 90.9 Å². The number of nitrogens with one attached hydrogen (secondary N) is 1. The molecule has 0 fully saturated rings. The molecule has 10 heteroatoms. The van der Waals surface area contributed by atoms with E-state index in [0.717, 1.165) is 35.8 Å². The summed E-state index contributed by atoms with van der Waals surface area (Å²) < 4.78 is 38.5. The molecule has 0 bridgehead atoms. The summed E-state index contributed by atoms with van der Waals surface area (Å²) in [5.74, 6) is -2.24. The second kappa shape index (κ2) is 8.99. The number of benzene rings is 1. The standard InChI is InChI=1S/C19H17F2NO6S/c1-26-18(25)15-12-6-3-7-13(12)29-16(15)22-14(23)9-27-17(24)10-4-2-5-11(8-10)28-19(20)21/h2,4-5,8,19H,3,6-7,9H2,1H3,(H,22,23). The predicted molar refractivity (Wildman–Crippen MR) is 99.7 cm³/mol. The number of anilines is 1. The zero-order valence-electron chi connectivity index (χ0n) is 15.3. The molecular weight excluding hydrogens is 408 g/mol. The van der Waals surface area contributed by atoms with Gasteiger partial charge in [0.1, 0.15) is 10.8 Å². The van der Waals surface area contributed by atoms with E-state index in [2.05, 4.69) is 10.1 Å². The lowest BCUT2D eigenvalue weighted by Crippen LogP contribution is -2.21. The Kier molecular flexibility index (Phi) is 6.42. The van der Waals surface area contributed by atoms with Crippen molar-refractivity contribution in [2.45, 2.75) is 25.9 Å². The number of alkyl halides is 2. The van der Waals surface area contributed by atoms with Gasteiger partial charge in [0.15, 0.2) is 6.61 Å². The summed E-state index contributed by atoms with van der Waals surface area (Å²) in [4.78, 5) is 37.4. The van der Waals surface area contributed by atoms with Gasteiger partial charge >= 0.3 is 18.6 Å². The first-order valence-corrected chi connectivity index (χ1v) is 9.45. The molecule has 29 heavy (non-hydrogen) atoms. The van der Waals surface area contributed by atoms with E-state index in [4.69, 9.17) is 9.47 Å². The molecule has 1 aliphatic rings. The van der Waals surface area contributed by atoms with E-state index >= 15 is 0 Å². The Balaban J connectivity index is 1.62. The number of hydrogen-bond acceptors (Lipinski definition) is 7. The van der Waals surface area contributed by atoms with Gasteiger partial charge in [0.05, 0.1) is 18.2 Å². The van der Waals surface area contributed by atoms with Crippen molar-refractivity contribution in [1.29, 1.82) is 0 Å². The SMILES string of the molecule is COC(=O)c1c(NC(=O)COC(=O)c2cccc(OC(F)F)c2)sc2c1CCC2. The Labute approximate surface area is 168 Å². The quantitative estimate of drug-likeness (QED) is 0.684. The number of hydrogen-bond donors (Lipinski definition) is 1. The monoisotopic (exact) mass is 425 g/mol. The summed E-state index contributed by atoms with van der Waals surface area (Å²) in [5.41, 5.74) is 1.17. The highest BCUT2D eigenvalue weighted by Gasteiger charge is 2.28. The van der Waals surface area contributed by atoms with Crippen LogP contribution in [0.3, 0.4) is 0 Å². The molecule has 1 aromatic heterocycles. The lowest BCUT2D eigenvalue weighted by Gasteiger charge is -2.09. The zero-order valence-corrected chi connectivity index (χ0v) is 16.1. The maximum Gasteiger partial charge on any atom is 0.387 e. The number of esters is 2. The number of rotatable bonds is 7. The van der Waals surface area contributed by atoms with Gasteiger partial charge in [0.2, 0.25) is 0 Å². The Morgan fingerprint density at radius 2 is 2.00 bits per heavy atom. The Morgan fingerprint density at radius 1 is 1.21 bits per heavy atom. The van der Waals surface area contributed by atoms with Crippen LogP contribution >= 0.6 is 11.3 Å². The molecule has 1 N–H and O–H groups in total. The van der Waals surface area contributed by atoms with Crippen LogP contribution in [0.25, 0.3) is 0 Å². The molecule has 0 spiro atoms. The van der Waals surface area contributed by atoms with Crippen molar-refractivity contribution in [3.05, 3.63) is 45.8 Å². The Bertz CT molecular complexity index is 943. The van der Waals surface area contributed by atoms with Crippen molar-refractivity contribution in [3.63, 3.8) is 0 Å². The first-order chi connectivity index (χ1) is 13.9. The fourth-order valence-electron chi connectivity index (χ4n) is 2.99. The Morgan fingerprint density at radius 3 is 2.72 bits per heavy atom. The van der Waals surface area contributed by atoms with Gasteiger partial charge in [-0.15, -0.1) is 11.3 Å². The van der Waals surface area contributed by atoms with Gasteiger partial charge in [-0.2, -0.15) is 8.78 Å². The summed E-state index contributed by atoms with van der Waals surface area (Å²) in [6, 6.07) is 5.05. The van der Waals surface area contributed by atoms with Crippen LogP contribution in [0, 0.1) is 0 Å². The third-order valence-electron chi connectivity index (χ3n) is 4.19. The summed E-state index contributed by atoms with van der Waals surface area (Å²) in [5, 5.41) is 2.93. The molecule has 1 aromatic carbocycles. The molecule has 0 saturated carbocycles. The van der Waals surface area contributed by atoms with E-state index in [0.29, 0.717) is 10.6 Å². The van der Waals surface area contributed by atoms with Gasteiger partial charge in [-0.05, 0) is 43.0 Å². The van der Waals surface area contributed by atoms with Gasteiger partial charge in [0.25, 0.3) is 5.91 Å². The lowest BCUT2D eigenvalue weighted by atomic mass is 10.1. The number of ether oxygens (including phenoxy) is 3. The van der Waals surface area contributed by atoms with E-state index in [-0.39, 0.29) is 11.3 Å². The Hall–Kier alpha value is -3.01. The van der Waals surface area contributed by atoms with Crippen molar-refractivity contribution in [3.8, 4) is 5.75 Å². The van der Waals surface area contributed by atoms with Crippen molar-refractivity contribution in [1.82, 2.24) is 0 Å². The molecule has 0 saturated heterocycles. The first-order valence-electron chi connectivity index (χ1n) is 8.63. The van der Waals surface area contributed by atoms with Crippen LogP contribution in [0.1, 0.15) is 37.6 Å². The fourth-order valence-corrected chi connectivity index (χ4v) is 4.28. The molecule has 0 radical (unpaired) electrons. The maximum absolute atomic E-state index is 12.3. The van der Waals surface area contributed by atoms with Gasteiger partial charge in [-0.25, -0.2) is 9.59 Å². The summed E-state index contributed by atoms with van der Waals surface area (Å²) in [6.45, 7) is -3.63. The number of methoxy groups -OCH3 is 1. The van der Waals surface area contributed by atoms with Gasteiger partial charge in [-0.3, -0.25) is 4.79 Å². The van der Waals surface area contributed by atoms with Crippen LogP contribution in [0.5, 0.6) is 5.75 Å². The number of aryl methyl sites for hydroxylation is 1. The minimum Gasteiger partial charge on any atom is -0.465 e. The number of halogens is 2. The summed E-state index contributed by atoms with van der Waals surface area (Å²) in [6.07, 6.45) is 2.50. The maximum atomic E-state index is 12.3. The smallest absolute Gasteiger partial charge is 0.387 e. The van der Waals surface area contributed by atoms with Gasteiger partial charge < -0.3 is 19.5 Å². The van der Waals surface area contributed by atoms with Crippen molar-refractivity contribution in [2.24, 2.45) is 0 Å². The average molecular weight is 425 g/mol. The number of carbonyl (C=O) groups excluding carboxylic acids is 3. The van der Waals surface area contributed by atoms with Crippen LogP contribution in [-0.4, -0.2) is 38.2 Å². The number of fused-ring (bicyclic) bond motifs is 1. The lowest BCUT2D eigenvalue weighted by molar-refractivity contribution is -0.119. The molecule has 1 heterocycles. The van der Waals surface area contributed by atoms with E-state index in [9.17, 15) is 23.2 Å². The summed E-state index contributed by atoms with van der Waals surface area (Å²) in [7, 11) is 1.26. The minimum atomic E-state index is -3.02. The van der Waals surface area contributed by atoms with Crippen LogP contribution in [0.15, 0.2) is 24.3 Å². The van der Waals surface area contributed by atoms with Crippen molar-refractivity contribution in [2.75, 3.05) is 19.0 Å². The van der Waals surface area contributed by atoms with Gasteiger partial charge in [0, 0.05) is 4.88 Å². The summed E-state index contributed by atoms with van der Waals surface area (Å²) >= 11 is 1.30. The zero-order chi connectivity index (χ0) is 21.0. The number of thiophene rings is 1. The van der Waals surface area contributed by atoms with Crippen LogP contribution < -0.4 is 10.1 Å². The first kappa shape index (κ1) is 20.7. The van der Waals surface area contributed by atoms with Crippen molar-refractivity contribution < 1.29 is 37.4 Å². The fraction of sp³-hybridized carbons (Fsp3) is 0.316. The number of carbonyl (C=O) groups is 3. The van der Waals surface area contributed by atoms with E-state index in [1.54, 1.807) is 0 Å². The van der Waals surface area contributed by atoms with E-state index in [1.807, 2.05) is 0 Å². The molecular formula is C19H17F2NO6S. The average Bonchev–Trinajstić information content (AvgIpc) is 3.26. The molecule has 0 aliphatic heterocycles. The minimum absolute atomic E-state index is 0.0405. The molecule has 2 aromatic rings. The third kappa shape index (κ3) is 4.89. The largest absolute Gasteiger partial charge is 0.465 e. The second-order valence-corrected chi connectivity index (χ2v) is 7.19. The normalized spacial score (nSPS) is 12.4. The highest BCUT2D eigenvalue weighted by molar-refractivity contribution is 7.17. The third-order valence-corrected chi connectivity index (χ3v) is 5.40.